The van der Waals surface area contributed by atoms with Crippen molar-refractivity contribution in [1.29, 1.82) is 0 Å². The van der Waals surface area contributed by atoms with Crippen molar-refractivity contribution >= 4 is 0 Å². The van der Waals surface area contributed by atoms with E-state index in [1.54, 1.807) is 0 Å². The molecule has 2 nitrogen and oxygen atoms in total. The number of piperidine rings is 2. The summed E-state index contributed by atoms with van der Waals surface area (Å²) in [5.74, 6) is 2.91. The third-order valence-corrected chi connectivity index (χ3v) is 6.62. The van der Waals surface area contributed by atoms with Gasteiger partial charge >= 0.3 is 0 Å². The maximum atomic E-state index is 2.70. The molecular weight excluding hydrogens is 280 g/mol. The first-order valence-corrected chi connectivity index (χ1v) is 10.5. The van der Waals surface area contributed by atoms with Gasteiger partial charge in [-0.25, -0.2) is 0 Å². The highest BCUT2D eigenvalue weighted by molar-refractivity contribution is 4.77. The minimum atomic E-state index is 0.740. The van der Waals surface area contributed by atoms with Gasteiger partial charge in [-0.15, -0.1) is 0 Å². The smallest absolute Gasteiger partial charge is 0.00385 e. The minimum absolute atomic E-state index is 0.740. The van der Waals surface area contributed by atoms with Crippen LogP contribution in [0.25, 0.3) is 0 Å². The van der Waals surface area contributed by atoms with Crippen LogP contribution in [0.2, 0.25) is 0 Å². The predicted octanol–water partition coefficient (Wildman–Crippen LogP) is 5.04. The van der Waals surface area contributed by atoms with Gasteiger partial charge < -0.3 is 9.80 Å². The largest absolute Gasteiger partial charge is 0.303 e. The van der Waals surface area contributed by atoms with Crippen molar-refractivity contribution in [2.75, 3.05) is 32.7 Å². The number of hydrogen-bond acceptors (Lipinski definition) is 2. The molecule has 0 spiro atoms. The molecule has 0 aromatic carbocycles. The zero-order valence-electron chi connectivity index (χ0n) is 16.4. The Morgan fingerprint density at radius 1 is 0.826 bits per heavy atom. The Morgan fingerprint density at radius 2 is 1.48 bits per heavy atom. The second kappa shape index (κ2) is 10.0. The molecule has 0 bridgehead atoms. The molecule has 0 N–H and O–H groups in total. The fraction of sp³-hybridized carbons (Fsp3) is 1.00. The van der Waals surface area contributed by atoms with E-state index in [0.717, 1.165) is 23.8 Å². The highest BCUT2D eigenvalue weighted by Gasteiger charge is 2.24. The lowest BCUT2D eigenvalue weighted by Gasteiger charge is -2.37. The van der Waals surface area contributed by atoms with Crippen LogP contribution in [-0.2, 0) is 0 Å². The van der Waals surface area contributed by atoms with E-state index in [1.807, 2.05) is 0 Å². The van der Waals surface area contributed by atoms with Crippen molar-refractivity contribution in [3.05, 3.63) is 0 Å². The van der Waals surface area contributed by atoms with Crippen LogP contribution in [0, 0.1) is 17.8 Å². The maximum Gasteiger partial charge on any atom is 0.00385 e. The average Bonchev–Trinajstić information content (AvgIpc) is 2.56. The van der Waals surface area contributed by atoms with E-state index in [4.69, 9.17) is 0 Å². The molecule has 2 aliphatic rings. The highest BCUT2D eigenvalue weighted by Crippen LogP contribution is 2.29. The van der Waals surface area contributed by atoms with Crippen molar-refractivity contribution in [3.8, 4) is 0 Å². The normalized spacial score (nSPS) is 24.4. The first kappa shape index (κ1) is 19.2. The summed E-state index contributed by atoms with van der Waals surface area (Å²) in [5.41, 5.74) is 0. The number of hydrogen-bond donors (Lipinski definition) is 0. The number of likely N-dealkylation sites (tertiary alicyclic amines) is 2. The summed E-state index contributed by atoms with van der Waals surface area (Å²) < 4.78 is 0. The van der Waals surface area contributed by atoms with Gasteiger partial charge in [0.1, 0.15) is 0 Å². The first-order chi connectivity index (χ1) is 11.1. The van der Waals surface area contributed by atoms with Gasteiger partial charge in [0, 0.05) is 6.04 Å². The standard InChI is InChI=1S/C21H42N2/c1-18(2)23-16-11-21(12-17-23)20(4)8-6-5-7-13-22-14-9-19(3)10-15-22/h18-21H,5-17H2,1-4H3. The molecule has 2 rings (SSSR count). The van der Waals surface area contributed by atoms with Crippen molar-refractivity contribution in [3.63, 3.8) is 0 Å². The number of unbranched alkanes of at least 4 members (excludes halogenated alkanes) is 2. The van der Waals surface area contributed by atoms with Gasteiger partial charge in [-0.1, -0.05) is 33.1 Å². The van der Waals surface area contributed by atoms with Crippen molar-refractivity contribution in [2.24, 2.45) is 17.8 Å². The molecule has 2 heterocycles. The second-order valence-corrected chi connectivity index (χ2v) is 8.82. The summed E-state index contributed by atoms with van der Waals surface area (Å²) >= 11 is 0. The molecule has 0 aromatic heterocycles. The monoisotopic (exact) mass is 322 g/mol. The summed E-state index contributed by atoms with van der Waals surface area (Å²) in [6.45, 7) is 16.3. The van der Waals surface area contributed by atoms with E-state index in [9.17, 15) is 0 Å². The molecule has 0 radical (unpaired) electrons. The SMILES string of the molecule is CC1CCN(CCCCCC(C)C2CCN(C(C)C)CC2)CC1. The molecule has 23 heavy (non-hydrogen) atoms. The number of rotatable bonds is 8. The van der Waals surface area contributed by atoms with Crippen LogP contribution in [0.15, 0.2) is 0 Å². The lowest BCUT2D eigenvalue weighted by Crippen LogP contribution is -2.39. The molecule has 0 saturated carbocycles. The van der Waals surface area contributed by atoms with Crippen LogP contribution in [-0.4, -0.2) is 48.6 Å². The topological polar surface area (TPSA) is 6.48 Å². The van der Waals surface area contributed by atoms with Crippen LogP contribution < -0.4 is 0 Å². The van der Waals surface area contributed by atoms with Gasteiger partial charge in [0.25, 0.3) is 0 Å². The fourth-order valence-corrected chi connectivity index (χ4v) is 4.50. The van der Waals surface area contributed by atoms with Gasteiger partial charge in [0.15, 0.2) is 0 Å². The summed E-state index contributed by atoms with van der Waals surface area (Å²) in [6, 6.07) is 0.740. The van der Waals surface area contributed by atoms with Gasteiger partial charge in [-0.3, -0.25) is 0 Å². The van der Waals surface area contributed by atoms with Crippen molar-refractivity contribution in [2.45, 2.75) is 85.1 Å². The second-order valence-electron chi connectivity index (χ2n) is 8.82. The fourth-order valence-electron chi connectivity index (χ4n) is 4.50. The average molecular weight is 323 g/mol. The molecule has 0 amide bonds. The number of nitrogens with zero attached hydrogens (tertiary/aromatic N) is 2. The molecule has 2 saturated heterocycles. The molecule has 2 aliphatic heterocycles. The van der Waals surface area contributed by atoms with Crippen LogP contribution >= 0.6 is 0 Å². The summed E-state index contributed by atoms with van der Waals surface area (Å²) in [6.07, 6.45) is 11.5. The van der Waals surface area contributed by atoms with Crippen LogP contribution in [0.5, 0.6) is 0 Å². The molecule has 1 unspecified atom stereocenters. The highest BCUT2D eigenvalue weighted by atomic mass is 15.1. The Balaban J connectivity index is 1.49. The van der Waals surface area contributed by atoms with Gasteiger partial charge in [-0.05, 0) is 96.4 Å². The minimum Gasteiger partial charge on any atom is -0.303 e. The van der Waals surface area contributed by atoms with Gasteiger partial charge in [-0.2, -0.15) is 0 Å². The summed E-state index contributed by atoms with van der Waals surface area (Å²) in [4.78, 5) is 5.35. The first-order valence-electron chi connectivity index (χ1n) is 10.5. The molecule has 1 atom stereocenters. The van der Waals surface area contributed by atoms with Crippen molar-refractivity contribution in [1.82, 2.24) is 9.80 Å². The van der Waals surface area contributed by atoms with Crippen LogP contribution in [0.3, 0.4) is 0 Å². The molecule has 0 aliphatic carbocycles. The van der Waals surface area contributed by atoms with E-state index < -0.39 is 0 Å². The zero-order chi connectivity index (χ0) is 16.7. The van der Waals surface area contributed by atoms with Crippen molar-refractivity contribution < 1.29 is 0 Å². The van der Waals surface area contributed by atoms with E-state index >= 15 is 0 Å². The van der Waals surface area contributed by atoms with E-state index in [2.05, 4.69) is 37.5 Å². The quantitative estimate of drug-likeness (QED) is 0.578. The molecule has 136 valence electrons. The third-order valence-electron chi connectivity index (χ3n) is 6.62. The molecule has 2 fully saturated rings. The van der Waals surface area contributed by atoms with E-state index in [0.29, 0.717) is 0 Å². The van der Waals surface area contributed by atoms with E-state index in [-0.39, 0.29) is 0 Å². The Hall–Kier alpha value is -0.0800. The molecule has 2 heteroatoms. The Labute approximate surface area is 146 Å². The summed E-state index contributed by atoms with van der Waals surface area (Å²) in [5, 5.41) is 0. The van der Waals surface area contributed by atoms with E-state index in [1.165, 1.54) is 84.1 Å². The lowest BCUT2D eigenvalue weighted by molar-refractivity contribution is 0.121. The van der Waals surface area contributed by atoms with Crippen LogP contribution in [0.4, 0.5) is 0 Å². The lowest BCUT2D eigenvalue weighted by atomic mass is 9.82. The molecular formula is C21H42N2. The Kier molecular flexibility index (Phi) is 8.40. The summed E-state index contributed by atoms with van der Waals surface area (Å²) in [7, 11) is 0. The molecule has 0 aromatic rings. The third kappa shape index (κ3) is 6.74. The Morgan fingerprint density at radius 3 is 2.09 bits per heavy atom. The predicted molar refractivity (Wildman–Crippen MR) is 102 cm³/mol. The maximum absolute atomic E-state index is 2.70. The Bertz CT molecular complexity index is 299. The van der Waals surface area contributed by atoms with Gasteiger partial charge in [0.05, 0.1) is 0 Å². The van der Waals surface area contributed by atoms with Crippen LogP contribution in [0.1, 0.15) is 79.1 Å². The van der Waals surface area contributed by atoms with Gasteiger partial charge in [0.2, 0.25) is 0 Å². The zero-order valence-corrected chi connectivity index (χ0v) is 16.4.